The van der Waals surface area contributed by atoms with E-state index in [1.54, 1.807) is 0 Å². The minimum absolute atomic E-state index is 0.341. The molecule has 1 saturated carbocycles. The Kier molecular flexibility index (Phi) is 5.59. The predicted octanol–water partition coefficient (Wildman–Crippen LogP) is 3.31. The highest BCUT2D eigenvalue weighted by Gasteiger charge is 2.21. The van der Waals surface area contributed by atoms with Gasteiger partial charge in [0.15, 0.2) is 0 Å². The zero-order chi connectivity index (χ0) is 13.5. The molecule has 2 rings (SSSR count). The van der Waals surface area contributed by atoms with E-state index in [-0.39, 0.29) is 0 Å². The van der Waals surface area contributed by atoms with Crippen molar-refractivity contribution in [1.29, 1.82) is 0 Å². The molecular formula is C17H25NO. The fraction of sp³-hybridized carbons (Fsp3) is 0.588. The standard InChI is InChI=1S/C17H25NO/c1-18(13-12-15-8-4-2-5-9-15)14-17(19)16-10-6-3-7-11-16/h2,4-5,8-9,16H,3,6-7,10-14H2,1H3. The fourth-order valence-electron chi connectivity index (χ4n) is 2.86. The summed E-state index contributed by atoms with van der Waals surface area (Å²) in [6.45, 7) is 1.58. The fourth-order valence-corrected chi connectivity index (χ4v) is 2.86. The van der Waals surface area contributed by atoms with Crippen molar-refractivity contribution >= 4 is 5.78 Å². The molecule has 1 aromatic carbocycles. The van der Waals surface area contributed by atoms with Gasteiger partial charge in [-0.05, 0) is 31.9 Å². The van der Waals surface area contributed by atoms with Crippen LogP contribution in [0.1, 0.15) is 37.7 Å². The van der Waals surface area contributed by atoms with Gasteiger partial charge in [0.2, 0.25) is 0 Å². The van der Waals surface area contributed by atoms with Crippen LogP contribution in [-0.2, 0) is 11.2 Å². The van der Waals surface area contributed by atoms with E-state index in [0.717, 1.165) is 25.8 Å². The average Bonchev–Trinajstić information content (AvgIpc) is 2.47. The van der Waals surface area contributed by atoms with Crippen molar-refractivity contribution in [3.63, 3.8) is 0 Å². The molecule has 1 aliphatic rings. The summed E-state index contributed by atoms with van der Waals surface area (Å²) in [5, 5.41) is 0. The number of Topliss-reactive ketones (excluding diaryl/α,β-unsaturated/α-hetero) is 1. The maximum atomic E-state index is 12.2. The SMILES string of the molecule is CN(CCc1ccccc1)CC(=O)C1CCCCC1. The van der Waals surface area contributed by atoms with Crippen molar-refractivity contribution < 1.29 is 4.79 Å². The zero-order valence-corrected chi connectivity index (χ0v) is 12.0. The highest BCUT2D eigenvalue weighted by molar-refractivity contribution is 5.83. The molecule has 1 fully saturated rings. The van der Waals surface area contributed by atoms with Crippen LogP contribution in [0.4, 0.5) is 0 Å². The van der Waals surface area contributed by atoms with Crippen LogP contribution in [0.15, 0.2) is 30.3 Å². The van der Waals surface area contributed by atoms with E-state index in [1.807, 2.05) is 6.07 Å². The minimum atomic E-state index is 0.341. The van der Waals surface area contributed by atoms with E-state index in [1.165, 1.54) is 24.8 Å². The van der Waals surface area contributed by atoms with Gasteiger partial charge in [-0.2, -0.15) is 0 Å². The van der Waals surface area contributed by atoms with Gasteiger partial charge in [0, 0.05) is 12.5 Å². The predicted molar refractivity (Wildman–Crippen MR) is 79.2 cm³/mol. The van der Waals surface area contributed by atoms with Crippen LogP contribution >= 0.6 is 0 Å². The van der Waals surface area contributed by atoms with Gasteiger partial charge in [-0.3, -0.25) is 9.69 Å². The normalized spacial score (nSPS) is 16.7. The zero-order valence-electron chi connectivity index (χ0n) is 12.0. The van der Waals surface area contributed by atoms with Crippen molar-refractivity contribution in [2.24, 2.45) is 5.92 Å². The monoisotopic (exact) mass is 259 g/mol. The lowest BCUT2D eigenvalue weighted by molar-refractivity contribution is -0.124. The second kappa shape index (κ2) is 7.44. The molecule has 0 bridgehead atoms. The average molecular weight is 259 g/mol. The highest BCUT2D eigenvalue weighted by Crippen LogP contribution is 2.24. The molecule has 0 amide bonds. The van der Waals surface area contributed by atoms with Crippen molar-refractivity contribution in [3.8, 4) is 0 Å². The number of hydrogen-bond acceptors (Lipinski definition) is 2. The maximum absolute atomic E-state index is 12.2. The summed E-state index contributed by atoms with van der Waals surface area (Å²) >= 11 is 0. The molecule has 0 N–H and O–H groups in total. The van der Waals surface area contributed by atoms with Crippen molar-refractivity contribution in [1.82, 2.24) is 4.90 Å². The summed E-state index contributed by atoms with van der Waals surface area (Å²) < 4.78 is 0. The third kappa shape index (κ3) is 4.79. The Bertz CT molecular complexity index is 382. The van der Waals surface area contributed by atoms with E-state index >= 15 is 0 Å². The van der Waals surface area contributed by atoms with Crippen LogP contribution in [0.25, 0.3) is 0 Å². The van der Waals surface area contributed by atoms with Crippen LogP contribution in [0, 0.1) is 5.92 Å². The number of ketones is 1. The maximum Gasteiger partial charge on any atom is 0.149 e. The number of nitrogens with zero attached hydrogens (tertiary/aromatic N) is 1. The summed E-state index contributed by atoms with van der Waals surface area (Å²) in [4.78, 5) is 14.3. The summed E-state index contributed by atoms with van der Waals surface area (Å²) in [7, 11) is 2.06. The molecule has 1 aromatic rings. The van der Waals surface area contributed by atoms with Gasteiger partial charge in [0.05, 0.1) is 6.54 Å². The number of rotatable bonds is 6. The van der Waals surface area contributed by atoms with Gasteiger partial charge >= 0.3 is 0 Å². The first kappa shape index (κ1) is 14.3. The summed E-state index contributed by atoms with van der Waals surface area (Å²) in [6.07, 6.45) is 7.05. The number of hydrogen-bond donors (Lipinski definition) is 0. The van der Waals surface area contributed by atoms with Gasteiger partial charge in [0.25, 0.3) is 0 Å². The molecule has 0 unspecified atom stereocenters. The third-order valence-electron chi connectivity index (χ3n) is 4.11. The van der Waals surface area contributed by atoms with Crippen molar-refractivity contribution in [3.05, 3.63) is 35.9 Å². The van der Waals surface area contributed by atoms with Crippen LogP contribution in [0.5, 0.6) is 0 Å². The lowest BCUT2D eigenvalue weighted by Crippen LogP contribution is -2.32. The number of likely N-dealkylation sites (N-methyl/N-ethyl adjacent to an activating group) is 1. The second-order valence-corrected chi connectivity index (χ2v) is 5.77. The Morgan fingerprint density at radius 2 is 1.84 bits per heavy atom. The van der Waals surface area contributed by atoms with E-state index in [9.17, 15) is 4.79 Å². The number of benzene rings is 1. The van der Waals surface area contributed by atoms with E-state index < -0.39 is 0 Å². The lowest BCUT2D eigenvalue weighted by atomic mass is 9.86. The molecule has 0 heterocycles. The first-order chi connectivity index (χ1) is 9.25. The Hall–Kier alpha value is -1.15. The molecule has 0 saturated heterocycles. The molecule has 2 nitrogen and oxygen atoms in total. The van der Waals surface area contributed by atoms with Gasteiger partial charge in [-0.25, -0.2) is 0 Å². The molecule has 0 radical (unpaired) electrons. The Morgan fingerprint density at radius 3 is 2.53 bits per heavy atom. The Labute approximate surface area is 116 Å². The summed E-state index contributed by atoms with van der Waals surface area (Å²) in [5.74, 6) is 0.795. The van der Waals surface area contributed by atoms with Crippen LogP contribution < -0.4 is 0 Å². The van der Waals surface area contributed by atoms with Gasteiger partial charge < -0.3 is 0 Å². The van der Waals surface area contributed by atoms with Gasteiger partial charge in [-0.1, -0.05) is 49.6 Å². The molecule has 0 aromatic heterocycles. The third-order valence-corrected chi connectivity index (χ3v) is 4.11. The largest absolute Gasteiger partial charge is 0.299 e. The molecule has 104 valence electrons. The minimum Gasteiger partial charge on any atom is -0.299 e. The molecule has 2 heteroatoms. The smallest absolute Gasteiger partial charge is 0.149 e. The van der Waals surface area contributed by atoms with Gasteiger partial charge in [-0.15, -0.1) is 0 Å². The highest BCUT2D eigenvalue weighted by atomic mass is 16.1. The van der Waals surface area contributed by atoms with Gasteiger partial charge in [0.1, 0.15) is 5.78 Å². The first-order valence-corrected chi connectivity index (χ1v) is 7.51. The van der Waals surface area contributed by atoms with Crippen LogP contribution in [0.3, 0.4) is 0 Å². The number of carbonyl (C=O) groups excluding carboxylic acids is 1. The van der Waals surface area contributed by atoms with Crippen LogP contribution in [-0.4, -0.2) is 30.8 Å². The summed E-state index contributed by atoms with van der Waals surface area (Å²) in [5.41, 5.74) is 1.35. The first-order valence-electron chi connectivity index (χ1n) is 7.51. The molecule has 0 atom stereocenters. The molecular weight excluding hydrogens is 234 g/mol. The van der Waals surface area contributed by atoms with Crippen LogP contribution in [0.2, 0.25) is 0 Å². The topological polar surface area (TPSA) is 20.3 Å². The number of carbonyl (C=O) groups is 1. The van der Waals surface area contributed by atoms with Crippen molar-refractivity contribution in [2.45, 2.75) is 38.5 Å². The Balaban J connectivity index is 1.71. The van der Waals surface area contributed by atoms with E-state index in [2.05, 4.69) is 36.2 Å². The van der Waals surface area contributed by atoms with Crippen molar-refractivity contribution in [2.75, 3.05) is 20.1 Å². The summed E-state index contributed by atoms with van der Waals surface area (Å²) in [6, 6.07) is 10.5. The van der Waals surface area contributed by atoms with E-state index in [4.69, 9.17) is 0 Å². The second-order valence-electron chi connectivity index (χ2n) is 5.77. The molecule has 19 heavy (non-hydrogen) atoms. The quantitative estimate of drug-likeness (QED) is 0.781. The molecule has 0 spiro atoms. The Morgan fingerprint density at radius 1 is 1.16 bits per heavy atom. The molecule has 0 aliphatic heterocycles. The van der Waals surface area contributed by atoms with E-state index in [0.29, 0.717) is 18.2 Å². The lowest BCUT2D eigenvalue weighted by Gasteiger charge is -2.23. The molecule has 1 aliphatic carbocycles.